The normalized spacial score (nSPS) is 12.3. The van der Waals surface area contributed by atoms with E-state index in [1.165, 1.54) is 0 Å². The third kappa shape index (κ3) is 12.1. The Hall–Kier alpha value is -0.456. The number of hydrogen-bond acceptors (Lipinski definition) is 5. The fourth-order valence-electron chi connectivity index (χ4n) is 2.00. The maximum atomic E-state index is 11.6. The summed E-state index contributed by atoms with van der Waals surface area (Å²) in [5.41, 5.74) is 0. The van der Waals surface area contributed by atoms with Crippen LogP contribution in [0.1, 0.15) is 12.8 Å². The molecule has 0 saturated carbocycles. The van der Waals surface area contributed by atoms with Gasteiger partial charge in [0.05, 0.1) is 19.0 Å². The molecule has 0 atom stereocenters. The first-order valence-corrected chi connectivity index (χ1v) is 11.4. The molecular weight excluding hydrogens is 320 g/mol. The second-order valence-corrected chi connectivity index (χ2v) is 8.88. The number of methoxy groups -OCH3 is 4. The highest BCUT2D eigenvalue weighted by molar-refractivity contribution is 6.36. The Morgan fingerprint density at radius 1 is 0.818 bits per heavy atom. The number of amides is 2. The molecule has 0 saturated heterocycles. The largest absolute Gasteiger partial charge is 0.360 e. The molecule has 2 N–H and O–H groups in total. The van der Waals surface area contributed by atoms with Gasteiger partial charge in [-0.2, -0.15) is 0 Å². The van der Waals surface area contributed by atoms with Crippen molar-refractivity contribution < 1.29 is 23.7 Å². The van der Waals surface area contributed by atoms with Gasteiger partial charge in [-0.25, -0.2) is 4.79 Å². The lowest BCUT2D eigenvalue weighted by molar-refractivity contribution is -0.0442. The van der Waals surface area contributed by atoms with Crippen molar-refractivity contribution in [2.24, 2.45) is 0 Å². The minimum absolute atomic E-state index is 0.0129. The van der Waals surface area contributed by atoms with Gasteiger partial charge >= 0.3 is 6.03 Å². The van der Waals surface area contributed by atoms with E-state index in [9.17, 15) is 4.79 Å². The number of nitrogens with one attached hydrogen (secondary N) is 2. The van der Waals surface area contributed by atoms with E-state index in [-0.39, 0.29) is 17.9 Å². The first-order chi connectivity index (χ1) is 10.7. The fraction of sp³-hybridized carbons (Fsp3) is 0.923. The summed E-state index contributed by atoms with van der Waals surface area (Å²) in [5, 5.41) is 5.73. The molecule has 0 radical (unpaired) electrons. The molecule has 2 amide bonds. The van der Waals surface area contributed by atoms with Crippen LogP contribution in [0.5, 0.6) is 0 Å². The van der Waals surface area contributed by atoms with Gasteiger partial charge in [-0.1, -0.05) is 12.1 Å². The van der Waals surface area contributed by atoms with E-state index in [1.54, 1.807) is 28.4 Å². The minimum Gasteiger partial charge on any atom is -0.360 e. The molecule has 22 heavy (non-hydrogen) atoms. The number of carbonyl (C=O) groups excluding carboxylic acids is 1. The summed E-state index contributed by atoms with van der Waals surface area (Å²) >= 11 is 0. The molecule has 0 unspecified atom stereocenters. The molecule has 0 aromatic heterocycles. The van der Waals surface area contributed by atoms with Crippen molar-refractivity contribution in [1.82, 2.24) is 10.6 Å². The highest BCUT2D eigenvalue weighted by Gasteiger charge is 2.06. The predicted octanol–water partition coefficient (Wildman–Crippen LogP) is -0.607. The van der Waals surface area contributed by atoms with Crippen LogP contribution in [0.25, 0.3) is 0 Å². The molecule has 0 fully saturated rings. The van der Waals surface area contributed by atoms with Gasteiger partial charge in [0.25, 0.3) is 0 Å². The van der Waals surface area contributed by atoms with E-state index < -0.39 is 19.0 Å². The third-order valence-corrected chi connectivity index (χ3v) is 7.45. The maximum Gasteiger partial charge on any atom is 0.314 e. The summed E-state index contributed by atoms with van der Waals surface area (Å²) < 4.78 is 20.6. The Labute approximate surface area is 138 Å². The third-order valence-electron chi connectivity index (χ3n) is 3.36. The number of rotatable bonds is 14. The summed E-state index contributed by atoms with van der Waals surface area (Å²) in [5.74, 6) is -0.0259. The average molecular weight is 353 g/mol. The summed E-state index contributed by atoms with van der Waals surface area (Å²) in [6.45, 7) is 1.40. The van der Waals surface area contributed by atoms with E-state index in [0.717, 1.165) is 24.9 Å². The topological polar surface area (TPSA) is 78.1 Å². The van der Waals surface area contributed by atoms with Crippen LogP contribution in [0.2, 0.25) is 12.1 Å². The van der Waals surface area contributed by atoms with Crippen LogP contribution in [-0.4, -0.2) is 78.4 Å². The van der Waals surface area contributed by atoms with E-state index in [2.05, 4.69) is 10.6 Å². The quantitative estimate of drug-likeness (QED) is 0.248. The Morgan fingerprint density at radius 3 is 1.50 bits per heavy atom. The second-order valence-electron chi connectivity index (χ2n) is 4.98. The Bertz CT molecular complexity index is 243. The molecule has 0 aliphatic rings. The number of hydrogen-bond donors (Lipinski definition) is 2. The maximum absolute atomic E-state index is 11.6. The van der Waals surface area contributed by atoms with Gasteiger partial charge in [-0.05, 0) is 12.8 Å². The van der Waals surface area contributed by atoms with Crippen molar-refractivity contribution in [3.63, 3.8) is 0 Å². The SMILES string of the molecule is COC(OC)[SiH2]CCCNC(=O)NCCC[SiH2]C(OC)OC. The van der Waals surface area contributed by atoms with Crippen LogP contribution in [-0.2, 0) is 18.9 Å². The molecule has 0 spiro atoms. The molecule has 0 aromatic carbocycles. The smallest absolute Gasteiger partial charge is 0.314 e. The number of urea groups is 1. The second kappa shape index (κ2) is 15.4. The highest BCUT2D eigenvalue weighted by Crippen LogP contribution is 1.96. The monoisotopic (exact) mass is 352 g/mol. The zero-order chi connectivity index (χ0) is 16.6. The van der Waals surface area contributed by atoms with E-state index >= 15 is 0 Å². The molecule has 0 aromatic rings. The summed E-state index contributed by atoms with van der Waals surface area (Å²) in [4.78, 5) is 11.6. The van der Waals surface area contributed by atoms with Gasteiger partial charge in [-0.3, -0.25) is 0 Å². The molecule has 0 heterocycles. The van der Waals surface area contributed by atoms with Gasteiger partial charge in [0.2, 0.25) is 0 Å². The van der Waals surface area contributed by atoms with Crippen molar-refractivity contribution in [3.05, 3.63) is 0 Å². The Kier molecular flexibility index (Phi) is 15.1. The van der Waals surface area contributed by atoms with E-state index in [0.29, 0.717) is 13.1 Å². The summed E-state index contributed by atoms with van der Waals surface area (Å²) in [6.07, 6.45) is 1.94. The summed E-state index contributed by atoms with van der Waals surface area (Å²) in [7, 11) is 5.87. The minimum atomic E-state index is -0.390. The van der Waals surface area contributed by atoms with Crippen LogP contribution in [0.4, 0.5) is 4.79 Å². The molecule has 132 valence electrons. The Morgan fingerprint density at radius 2 is 1.18 bits per heavy atom. The molecule has 7 nitrogen and oxygen atoms in total. The number of carbonyl (C=O) groups is 1. The van der Waals surface area contributed by atoms with Gasteiger partial charge in [0, 0.05) is 41.5 Å². The van der Waals surface area contributed by atoms with Gasteiger partial charge in [0.1, 0.15) is 11.8 Å². The zero-order valence-electron chi connectivity index (χ0n) is 14.4. The molecule has 9 heteroatoms. The van der Waals surface area contributed by atoms with Crippen molar-refractivity contribution in [3.8, 4) is 0 Å². The Balaban J connectivity index is 3.40. The number of ether oxygens (including phenoxy) is 4. The lowest BCUT2D eigenvalue weighted by Crippen LogP contribution is -2.37. The highest BCUT2D eigenvalue weighted by atomic mass is 28.2. The molecule has 0 aliphatic carbocycles. The van der Waals surface area contributed by atoms with Gasteiger partial charge in [-0.15, -0.1) is 0 Å². The molecule has 0 aliphatic heterocycles. The molecule has 0 rings (SSSR count). The van der Waals surface area contributed by atoms with Crippen LogP contribution in [0.15, 0.2) is 0 Å². The fourth-order valence-corrected chi connectivity index (χ4v) is 4.69. The van der Waals surface area contributed by atoms with Gasteiger partial charge in [0.15, 0.2) is 0 Å². The van der Waals surface area contributed by atoms with Crippen molar-refractivity contribution in [2.45, 2.75) is 36.8 Å². The first kappa shape index (κ1) is 21.5. The van der Waals surface area contributed by atoms with Crippen LogP contribution in [0, 0.1) is 0 Å². The van der Waals surface area contributed by atoms with Gasteiger partial charge < -0.3 is 29.6 Å². The van der Waals surface area contributed by atoms with Crippen LogP contribution >= 0.6 is 0 Å². The molecule has 0 bridgehead atoms. The zero-order valence-corrected chi connectivity index (χ0v) is 17.2. The summed E-state index contributed by atoms with van der Waals surface area (Å²) in [6, 6.07) is 2.09. The lowest BCUT2D eigenvalue weighted by atomic mass is 10.4. The standard InChI is InChI=1S/C13H32N2O5Si2/c1-17-12(18-2)21-9-5-7-14-11(16)15-8-6-10-22-13(19-3)20-4/h12-13H,5-10,21-22H2,1-4H3,(H2,14,15,16). The molecular formula is C13H32N2O5Si2. The lowest BCUT2D eigenvalue weighted by Gasteiger charge is -2.13. The van der Waals surface area contributed by atoms with Crippen molar-refractivity contribution in [2.75, 3.05) is 41.5 Å². The average Bonchev–Trinajstić information content (AvgIpc) is 2.54. The predicted molar refractivity (Wildman–Crippen MR) is 92.9 cm³/mol. The van der Waals surface area contributed by atoms with Crippen LogP contribution in [0.3, 0.4) is 0 Å². The van der Waals surface area contributed by atoms with Crippen LogP contribution < -0.4 is 10.6 Å². The van der Waals surface area contributed by atoms with Crippen molar-refractivity contribution in [1.29, 1.82) is 0 Å². The van der Waals surface area contributed by atoms with E-state index in [1.807, 2.05) is 0 Å². The van der Waals surface area contributed by atoms with Crippen molar-refractivity contribution >= 4 is 25.1 Å². The van der Waals surface area contributed by atoms with E-state index in [4.69, 9.17) is 18.9 Å². The first-order valence-electron chi connectivity index (χ1n) is 7.80.